The third-order valence-corrected chi connectivity index (χ3v) is 6.77. The number of rotatable bonds is 3. The van der Waals surface area contributed by atoms with Gasteiger partial charge in [0.1, 0.15) is 11.2 Å². The van der Waals surface area contributed by atoms with Gasteiger partial charge in [0.05, 0.1) is 0 Å². The van der Waals surface area contributed by atoms with E-state index in [4.69, 9.17) is 19.2 Å². The van der Waals surface area contributed by atoms with E-state index in [1.165, 1.54) is 0 Å². The molecular formula is C22H38O6. The van der Waals surface area contributed by atoms with E-state index in [0.717, 1.165) is 64.2 Å². The Kier molecular flexibility index (Phi) is 7.06. The van der Waals surface area contributed by atoms with Gasteiger partial charge in [0.25, 0.3) is 0 Å². The molecule has 0 heterocycles. The van der Waals surface area contributed by atoms with Crippen LogP contribution in [0.15, 0.2) is 0 Å². The van der Waals surface area contributed by atoms with Crippen LogP contribution in [-0.4, -0.2) is 23.5 Å². The first-order chi connectivity index (χ1) is 12.9. The summed E-state index contributed by atoms with van der Waals surface area (Å²) in [5, 5.41) is 0. The summed E-state index contributed by atoms with van der Waals surface area (Å²) in [5.41, 5.74) is -1.64. The van der Waals surface area contributed by atoms with Crippen LogP contribution in [0.3, 0.4) is 0 Å². The molecule has 2 aliphatic carbocycles. The summed E-state index contributed by atoms with van der Waals surface area (Å²) in [6.45, 7) is 12.3. The van der Waals surface area contributed by atoms with E-state index in [-0.39, 0.29) is 10.8 Å². The van der Waals surface area contributed by atoms with Gasteiger partial charge in [0, 0.05) is 5.41 Å². The normalized spacial score (nSPS) is 22.2. The van der Waals surface area contributed by atoms with Crippen LogP contribution in [0, 0.1) is 10.8 Å². The quantitative estimate of drug-likeness (QED) is 0.228. The molecule has 0 saturated heterocycles. The molecule has 162 valence electrons. The highest BCUT2D eigenvalue weighted by Crippen LogP contribution is 2.46. The minimum absolute atomic E-state index is 0.202. The fourth-order valence-electron chi connectivity index (χ4n) is 4.59. The smallest absolute Gasteiger partial charge is 0.427 e. The van der Waals surface area contributed by atoms with E-state index >= 15 is 0 Å². The van der Waals surface area contributed by atoms with Gasteiger partial charge < -0.3 is 9.47 Å². The topological polar surface area (TPSA) is 71.1 Å². The molecule has 6 nitrogen and oxygen atoms in total. The second kappa shape index (κ2) is 8.60. The molecule has 0 radical (unpaired) electrons. The van der Waals surface area contributed by atoms with E-state index in [2.05, 4.69) is 20.8 Å². The zero-order valence-corrected chi connectivity index (χ0v) is 18.5. The van der Waals surface area contributed by atoms with Gasteiger partial charge in [-0.15, -0.1) is 0 Å². The Morgan fingerprint density at radius 3 is 1.50 bits per heavy atom. The molecule has 0 N–H and O–H groups in total. The molecule has 0 aliphatic heterocycles. The SMILES string of the molecule is CC(C)(C)C1(OOC(=O)OC(=O)OC2(C(C)(C)C)CCCCC2)CCCCC1. The molecule has 2 aliphatic rings. The summed E-state index contributed by atoms with van der Waals surface area (Å²) in [6, 6.07) is 0. The van der Waals surface area contributed by atoms with Crippen LogP contribution in [0.2, 0.25) is 0 Å². The van der Waals surface area contributed by atoms with Gasteiger partial charge in [-0.1, -0.05) is 67.2 Å². The Morgan fingerprint density at radius 2 is 1.07 bits per heavy atom. The van der Waals surface area contributed by atoms with Crippen molar-refractivity contribution in [3.8, 4) is 0 Å². The molecule has 2 saturated carbocycles. The lowest BCUT2D eigenvalue weighted by Crippen LogP contribution is -2.49. The fourth-order valence-corrected chi connectivity index (χ4v) is 4.59. The van der Waals surface area contributed by atoms with Crippen molar-refractivity contribution >= 4 is 12.3 Å². The number of carbonyl (C=O) groups excluding carboxylic acids is 2. The number of ether oxygens (including phenoxy) is 2. The summed E-state index contributed by atoms with van der Waals surface area (Å²) < 4.78 is 10.5. The van der Waals surface area contributed by atoms with Gasteiger partial charge >= 0.3 is 12.3 Å². The largest absolute Gasteiger partial charge is 0.550 e. The average Bonchev–Trinajstić information content (AvgIpc) is 2.59. The van der Waals surface area contributed by atoms with E-state index < -0.39 is 23.5 Å². The predicted octanol–water partition coefficient (Wildman–Crippen LogP) is 6.71. The molecule has 0 amide bonds. The molecule has 0 spiro atoms. The van der Waals surface area contributed by atoms with Crippen molar-refractivity contribution in [3.63, 3.8) is 0 Å². The lowest BCUT2D eigenvalue weighted by Gasteiger charge is -2.46. The molecule has 0 bridgehead atoms. The van der Waals surface area contributed by atoms with Gasteiger partial charge in [-0.3, -0.25) is 4.89 Å². The number of carbonyl (C=O) groups is 2. The lowest BCUT2D eigenvalue weighted by molar-refractivity contribution is -0.356. The van der Waals surface area contributed by atoms with Crippen LogP contribution in [0.4, 0.5) is 9.59 Å². The second-order valence-electron chi connectivity index (χ2n) is 10.5. The minimum atomic E-state index is -1.17. The van der Waals surface area contributed by atoms with Gasteiger partial charge in [0.15, 0.2) is 0 Å². The van der Waals surface area contributed by atoms with Gasteiger partial charge in [-0.25, -0.2) is 9.59 Å². The zero-order valence-electron chi connectivity index (χ0n) is 18.5. The van der Waals surface area contributed by atoms with Gasteiger partial charge in [-0.05, 0) is 43.9 Å². The standard InChI is InChI=1S/C22H38O6/c1-19(2,3)21(13-9-7-10-14-21)26-17(23)25-18(24)27-28-22(20(4,5)6)15-11-8-12-16-22/h7-16H2,1-6H3. The first-order valence-electron chi connectivity index (χ1n) is 10.7. The van der Waals surface area contributed by atoms with Crippen molar-refractivity contribution in [1.82, 2.24) is 0 Å². The highest BCUT2D eigenvalue weighted by Gasteiger charge is 2.48. The highest BCUT2D eigenvalue weighted by molar-refractivity contribution is 5.76. The highest BCUT2D eigenvalue weighted by atomic mass is 17.2. The monoisotopic (exact) mass is 398 g/mol. The Balaban J connectivity index is 1.94. The molecule has 2 rings (SSSR count). The average molecular weight is 399 g/mol. The molecule has 0 aromatic rings. The summed E-state index contributed by atoms with van der Waals surface area (Å²) >= 11 is 0. The number of hydrogen-bond donors (Lipinski definition) is 0. The minimum Gasteiger partial charge on any atom is -0.427 e. The summed E-state index contributed by atoms with van der Waals surface area (Å²) in [4.78, 5) is 34.9. The lowest BCUT2D eigenvalue weighted by atomic mass is 9.68. The fraction of sp³-hybridized carbons (Fsp3) is 0.909. The van der Waals surface area contributed by atoms with E-state index in [9.17, 15) is 9.59 Å². The molecular weight excluding hydrogens is 360 g/mol. The maximum Gasteiger partial charge on any atom is 0.550 e. The summed E-state index contributed by atoms with van der Waals surface area (Å²) in [6.07, 6.45) is 7.26. The van der Waals surface area contributed by atoms with Crippen LogP contribution in [-0.2, 0) is 19.2 Å². The Hall–Kier alpha value is -1.30. The molecule has 28 heavy (non-hydrogen) atoms. The second-order valence-corrected chi connectivity index (χ2v) is 10.5. The Labute approximate surface area is 169 Å². The van der Waals surface area contributed by atoms with Crippen LogP contribution in [0.25, 0.3) is 0 Å². The van der Waals surface area contributed by atoms with Crippen molar-refractivity contribution in [2.75, 3.05) is 0 Å². The molecule has 0 aromatic heterocycles. The maximum absolute atomic E-state index is 12.3. The molecule has 2 fully saturated rings. The maximum atomic E-state index is 12.3. The first-order valence-corrected chi connectivity index (χ1v) is 10.7. The summed E-state index contributed by atoms with van der Waals surface area (Å²) in [7, 11) is 0. The predicted molar refractivity (Wildman–Crippen MR) is 106 cm³/mol. The molecule has 6 heteroatoms. The van der Waals surface area contributed by atoms with Crippen molar-refractivity contribution in [2.45, 2.75) is 117 Å². The molecule has 0 atom stereocenters. The number of hydrogen-bond acceptors (Lipinski definition) is 6. The molecule has 0 aromatic carbocycles. The third-order valence-electron chi connectivity index (χ3n) is 6.77. The third kappa shape index (κ3) is 5.19. The molecule has 0 unspecified atom stereocenters. The van der Waals surface area contributed by atoms with Crippen LogP contribution in [0.5, 0.6) is 0 Å². The van der Waals surface area contributed by atoms with Crippen LogP contribution in [0.1, 0.15) is 106 Å². The summed E-state index contributed by atoms with van der Waals surface area (Å²) in [5.74, 6) is 0. The van der Waals surface area contributed by atoms with E-state index in [0.29, 0.717) is 0 Å². The van der Waals surface area contributed by atoms with Crippen molar-refractivity contribution in [3.05, 3.63) is 0 Å². The van der Waals surface area contributed by atoms with Gasteiger partial charge in [-0.2, -0.15) is 4.89 Å². The Bertz CT molecular complexity index is 542. The Morgan fingerprint density at radius 1 is 0.643 bits per heavy atom. The van der Waals surface area contributed by atoms with E-state index in [1.54, 1.807) is 0 Å². The van der Waals surface area contributed by atoms with Crippen LogP contribution < -0.4 is 0 Å². The zero-order chi connectivity index (χ0) is 21.1. The van der Waals surface area contributed by atoms with E-state index in [1.807, 2.05) is 20.8 Å². The van der Waals surface area contributed by atoms with Crippen molar-refractivity contribution < 1.29 is 28.8 Å². The van der Waals surface area contributed by atoms with Crippen molar-refractivity contribution in [2.24, 2.45) is 10.8 Å². The van der Waals surface area contributed by atoms with Crippen LogP contribution >= 0.6 is 0 Å². The van der Waals surface area contributed by atoms with Crippen molar-refractivity contribution in [1.29, 1.82) is 0 Å². The van der Waals surface area contributed by atoms with Gasteiger partial charge in [0.2, 0.25) is 0 Å². The first kappa shape index (κ1) is 23.0.